The molecule has 1 unspecified atom stereocenters. The minimum atomic E-state index is -0.683. The van der Waals surface area contributed by atoms with Gasteiger partial charge in [-0.25, -0.2) is 0 Å². The molecule has 0 bridgehead atoms. The van der Waals surface area contributed by atoms with Gasteiger partial charge in [-0.2, -0.15) is 0 Å². The normalized spacial score (nSPS) is 14.6. The second kappa shape index (κ2) is 13.2. The lowest BCUT2D eigenvalue weighted by Crippen LogP contribution is -2.53. The van der Waals surface area contributed by atoms with E-state index in [2.05, 4.69) is 26.1 Å². The Morgan fingerprint density at radius 3 is 2.23 bits per heavy atom. The van der Waals surface area contributed by atoms with E-state index in [1.807, 2.05) is 66.7 Å². The highest BCUT2D eigenvalue weighted by molar-refractivity contribution is 6.30. The molecule has 0 spiro atoms. The van der Waals surface area contributed by atoms with Crippen LogP contribution in [0.25, 0.3) is 0 Å². The van der Waals surface area contributed by atoms with Gasteiger partial charge in [-0.15, -0.1) is 0 Å². The molecule has 1 aliphatic rings. The fraction of sp³-hybridized carbons (Fsp3) is 0.394. The number of hydrogen-bond acceptors (Lipinski definition) is 3. The topological polar surface area (TPSA) is 58.6 Å². The predicted molar refractivity (Wildman–Crippen MR) is 157 cm³/mol. The number of hydrogen-bond donors (Lipinski definition) is 1. The summed E-state index contributed by atoms with van der Waals surface area (Å²) in [5.74, 6) is 0.319. The first-order chi connectivity index (χ1) is 18.7. The van der Waals surface area contributed by atoms with Crippen molar-refractivity contribution in [3.05, 3.63) is 101 Å². The number of halogens is 1. The third kappa shape index (κ3) is 8.09. The molecule has 0 radical (unpaired) electrons. The Morgan fingerprint density at radius 1 is 0.923 bits per heavy atom. The van der Waals surface area contributed by atoms with Crippen LogP contribution < -0.4 is 10.1 Å². The Labute approximate surface area is 237 Å². The maximum Gasteiger partial charge on any atom is 0.261 e. The third-order valence-corrected chi connectivity index (χ3v) is 7.54. The molecule has 3 aromatic rings. The van der Waals surface area contributed by atoms with Crippen LogP contribution in [0.5, 0.6) is 5.75 Å². The Hall–Kier alpha value is -3.31. The van der Waals surface area contributed by atoms with E-state index in [9.17, 15) is 9.59 Å². The summed E-state index contributed by atoms with van der Waals surface area (Å²) in [6.07, 6.45) is 4.59. The zero-order chi connectivity index (χ0) is 27.8. The monoisotopic (exact) mass is 546 g/mol. The first kappa shape index (κ1) is 28.7. The summed E-state index contributed by atoms with van der Waals surface area (Å²) < 4.78 is 6.13. The molecule has 39 heavy (non-hydrogen) atoms. The van der Waals surface area contributed by atoms with Crippen molar-refractivity contribution in [2.75, 3.05) is 6.61 Å². The van der Waals surface area contributed by atoms with Crippen LogP contribution in [-0.4, -0.2) is 35.4 Å². The molecule has 0 aromatic heterocycles. The van der Waals surface area contributed by atoms with Gasteiger partial charge in [0, 0.05) is 24.0 Å². The van der Waals surface area contributed by atoms with E-state index in [4.69, 9.17) is 16.3 Å². The fourth-order valence-corrected chi connectivity index (χ4v) is 5.27. The molecule has 0 saturated heterocycles. The molecule has 0 heterocycles. The van der Waals surface area contributed by atoms with Gasteiger partial charge in [-0.3, -0.25) is 9.59 Å². The Kier molecular flexibility index (Phi) is 9.68. The standard InChI is InChI=1S/C33H39ClN2O3/c1-33(2,3)28-15-9-10-16-30(28)39-23-31(37)36(22-25-17-19-26(34)20-18-25)29(21-24-11-5-4-6-12-24)32(38)35-27-13-7-8-14-27/h4-6,9-12,15-20,27,29H,7-8,13-14,21-23H2,1-3H3,(H,35,38). The number of rotatable bonds is 10. The van der Waals surface area contributed by atoms with Gasteiger partial charge in [0.2, 0.25) is 5.91 Å². The van der Waals surface area contributed by atoms with E-state index in [-0.39, 0.29) is 36.4 Å². The van der Waals surface area contributed by atoms with Crippen molar-refractivity contribution >= 4 is 23.4 Å². The van der Waals surface area contributed by atoms with Crippen molar-refractivity contribution < 1.29 is 14.3 Å². The number of nitrogens with zero attached hydrogens (tertiary/aromatic N) is 1. The first-order valence-electron chi connectivity index (χ1n) is 13.8. The number of carbonyl (C=O) groups is 2. The van der Waals surface area contributed by atoms with E-state index < -0.39 is 6.04 Å². The fourth-order valence-electron chi connectivity index (χ4n) is 5.14. The minimum absolute atomic E-state index is 0.122. The van der Waals surface area contributed by atoms with Crippen LogP contribution in [0, 0.1) is 0 Å². The van der Waals surface area contributed by atoms with E-state index >= 15 is 0 Å². The summed E-state index contributed by atoms with van der Waals surface area (Å²) in [4.78, 5) is 29.4. The van der Waals surface area contributed by atoms with Gasteiger partial charge in [0.15, 0.2) is 6.61 Å². The SMILES string of the molecule is CC(C)(C)c1ccccc1OCC(=O)N(Cc1ccc(Cl)cc1)C(Cc1ccccc1)C(=O)NC1CCCC1. The zero-order valence-corrected chi connectivity index (χ0v) is 23.9. The van der Waals surface area contributed by atoms with Crippen molar-refractivity contribution in [1.82, 2.24) is 10.2 Å². The van der Waals surface area contributed by atoms with E-state index in [0.717, 1.165) is 42.4 Å². The molecule has 1 saturated carbocycles. The van der Waals surface area contributed by atoms with Crippen LogP contribution >= 0.6 is 11.6 Å². The summed E-state index contributed by atoms with van der Waals surface area (Å²) in [5.41, 5.74) is 2.79. The maximum atomic E-state index is 13.9. The number of nitrogens with one attached hydrogen (secondary N) is 1. The molecule has 3 aromatic carbocycles. The number of amides is 2. The van der Waals surface area contributed by atoms with Crippen molar-refractivity contribution in [1.29, 1.82) is 0 Å². The highest BCUT2D eigenvalue weighted by Gasteiger charge is 2.32. The number of para-hydroxylation sites is 1. The van der Waals surface area contributed by atoms with Crippen LogP contribution in [0.2, 0.25) is 5.02 Å². The molecule has 2 amide bonds. The molecule has 1 aliphatic carbocycles. The van der Waals surface area contributed by atoms with Crippen molar-refractivity contribution in [2.24, 2.45) is 0 Å². The second-order valence-corrected chi connectivity index (χ2v) is 11.8. The lowest BCUT2D eigenvalue weighted by molar-refractivity contribution is -0.143. The lowest BCUT2D eigenvalue weighted by atomic mass is 9.86. The summed E-state index contributed by atoms with van der Waals surface area (Å²) in [6.45, 7) is 6.46. The smallest absolute Gasteiger partial charge is 0.261 e. The molecule has 5 nitrogen and oxygen atoms in total. The highest BCUT2D eigenvalue weighted by Crippen LogP contribution is 2.31. The van der Waals surface area contributed by atoms with Gasteiger partial charge in [0.1, 0.15) is 11.8 Å². The Bertz CT molecular complexity index is 1230. The molecule has 1 atom stereocenters. The molecule has 4 rings (SSSR count). The van der Waals surface area contributed by atoms with E-state index in [0.29, 0.717) is 17.2 Å². The van der Waals surface area contributed by atoms with E-state index in [1.54, 1.807) is 17.0 Å². The van der Waals surface area contributed by atoms with E-state index in [1.165, 1.54) is 0 Å². The largest absolute Gasteiger partial charge is 0.483 e. The molecule has 0 aliphatic heterocycles. The van der Waals surface area contributed by atoms with Gasteiger partial charge in [-0.05, 0) is 53.1 Å². The average molecular weight is 547 g/mol. The zero-order valence-electron chi connectivity index (χ0n) is 23.2. The highest BCUT2D eigenvalue weighted by atomic mass is 35.5. The predicted octanol–water partition coefficient (Wildman–Crippen LogP) is 6.72. The first-order valence-corrected chi connectivity index (χ1v) is 14.2. The summed E-state index contributed by atoms with van der Waals surface area (Å²) >= 11 is 6.13. The van der Waals surface area contributed by atoms with Crippen LogP contribution in [-0.2, 0) is 28.0 Å². The van der Waals surface area contributed by atoms with Gasteiger partial charge < -0.3 is 15.0 Å². The molecule has 1 fully saturated rings. The van der Waals surface area contributed by atoms with Crippen LogP contribution in [0.1, 0.15) is 63.1 Å². The van der Waals surface area contributed by atoms with Gasteiger partial charge in [0.05, 0.1) is 0 Å². The summed E-state index contributed by atoms with van der Waals surface area (Å²) in [7, 11) is 0. The quantitative estimate of drug-likeness (QED) is 0.307. The number of carbonyl (C=O) groups excluding carboxylic acids is 2. The summed E-state index contributed by atoms with van der Waals surface area (Å²) in [6, 6.07) is 24.5. The van der Waals surface area contributed by atoms with Crippen molar-refractivity contribution in [3.8, 4) is 5.75 Å². The molecular weight excluding hydrogens is 508 g/mol. The molecule has 1 N–H and O–H groups in total. The van der Waals surface area contributed by atoms with Gasteiger partial charge in [0.25, 0.3) is 5.91 Å². The summed E-state index contributed by atoms with van der Waals surface area (Å²) in [5, 5.41) is 3.86. The average Bonchev–Trinajstić information content (AvgIpc) is 3.43. The Balaban J connectivity index is 1.63. The Morgan fingerprint density at radius 2 is 1.56 bits per heavy atom. The third-order valence-electron chi connectivity index (χ3n) is 7.29. The lowest BCUT2D eigenvalue weighted by Gasteiger charge is -2.32. The number of benzene rings is 3. The molecule has 6 heteroatoms. The maximum absolute atomic E-state index is 13.9. The number of ether oxygens (including phenoxy) is 1. The second-order valence-electron chi connectivity index (χ2n) is 11.4. The van der Waals surface area contributed by atoms with Crippen LogP contribution in [0.4, 0.5) is 0 Å². The minimum Gasteiger partial charge on any atom is -0.483 e. The van der Waals surface area contributed by atoms with Gasteiger partial charge >= 0.3 is 0 Å². The van der Waals surface area contributed by atoms with Gasteiger partial charge in [-0.1, -0.05) is 106 Å². The molecular formula is C33H39ClN2O3. The molecule has 206 valence electrons. The van der Waals surface area contributed by atoms with Crippen LogP contribution in [0.3, 0.4) is 0 Å². The van der Waals surface area contributed by atoms with Crippen molar-refractivity contribution in [3.63, 3.8) is 0 Å². The van der Waals surface area contributed by atoms with Crippen molar-refractivity contribution in [2.45, 2.75) is 76.9 Å². The van der Waals surface area contributed by atoms with Crippen LogP contribution in [0.15, 0.2) is 78.9 Å².